The van der Waals surface area contributed by atoms with Gasteiger partial charge in [-0.3, -0.25) is 0 Å². The molecule has 0 aromatic carbocycles. The molecule has 2 heteroatoms. The maximum atomic E-state index is 4.83. The number of hydrogen-bond acceptors (Lipinski definition) is 1. The molecule has 0 amide bonds. The van der Waals surface area contributed by atoms with Gasteiger partial charge in [-0.2, -0.15) is 0 Å². The summed E-state index contributed by atoms with van der Waals surface area (Å²) in [4.78, 5) is 0. The summed E-state index contributed by atoms with van der Waals surface area (Å²) in [6, 6.07) is 0. The Kier molecular flexibility index (Phi) is 18.0. The Bertz CT molecular complexity index is 309. The van der Waals surface area contributed by atoms with Crippen molar-refractivity contribution in [3.05, 3.63) is 59.2 Å². The third-order valence-corrected chi connectivity index (χ3v) is 6.30. The van der Waals surface area contributed by atoms with E-state index in [4.69, 9.17) is 4.74 Å². The average molecular weight is 523 g/mol. The fourth-order valence-electron chi connectivity index (χ4n) is 3.86. The Hall–Kier alpha value is 1.30. The van der Waals surface area contributed by atoms with Crippen molar-refractivity contribution in [2.24, 2.45) is 0 Å². The van der Waals surface area contributed by atoms with Gasteiger partial charge in [0.15, 0.2) is 0 Å². The topological polar surface area (TPSA) is 9.23 Å². The molecule has 28 heavy (non-hydrogen) atoms. The van der Waals surface area contributed by atoms with E-state index in [1.165, 1.54) is 60.2 Å². The molecule has 2 saturated carbocycles. The molecule has 0 saturated heterocycles. The van der Waals surface area contributed by atoms with Gasteiger partial charge in [-0.1, -0.05) is 69.2 Å². The molecule has 0 aliphatic heterocycles. The molecule has 1 nitrogen and oxygen atoms in total. The molecule has 2 rings (SSSR count). The molecule has 0 aromatic heterocycles. The minimum Gasteiger partial charge on any atom is -0.382 e. The summed E-state index contributed by atoms with van der Waals surface area (Å²) in [7, 11) is 0. The van der Waals surface area contributed by atoms with E-state index in [1.54, 1.807) is 11.8 Å². The van der Waals surface area contributed by atoms with Crippen LogP contribution in [-0.2, 0) is 4.74 Å². The summed E-state index contributed by atoms with van der Waals surface area (Å²) < 4.78 is 4.83. The summed E-state index contributed by atoms with van der Waals surface area (Å²) in [5.41, 5.74) is 0. The average Bonchev–Trinajstić information content (AvgIpc) is 2.96. The van der Waals surface area contributed by atoms with Crippen LogP contribution in [0, 0.1) is 99.6 Å². The molecule has 0 N–H and O–H groups in total. The molecule has 0 spiro atoms. The third kappa shape index (κ3) is 8.44. The van der Waals surface area contributed by atoms with E-state index < -0.39 is 0 Å². The molecule has 0 bridgehead atoms. The van der Waals surface area contributed by atoms with Gasteiger partial charge in [0.1, 0.15) is 0 Å². The number of rotatable bonds is 4. The van der Waals surface area contributed by atoms with Crippen molar-refractivity contribution in [3.63, 3.8) is 0 Å². The van der Waals surface area contributed by atoms with Crippen LogP contribution in [0.3, 0.4) is 0 Å². The fourth-order valence-corrected chi connectivity index (χ4v) is 3.86. The first-order valence-electron chi connectivity index (χ1n) is 10.6. The van der Waals surface area contributed by atoms with Crippen molar-refractivity contribution in [1.29, 1.82) is 0 Å². The first kappa shape index (κ1) is 31.5. The van der Waals surface area contributed by atoms with Gasteiger partial charge in [0.05, 0.1) is 0 Å². The predicted molar refractivity (Wildman–Crippen MR) is 121 cm³/mol. The minimum absolute atomic E-state index is 0. The zero-order valence-corrected chi connectivity index (χ0v) is 23.3. The van der Waals surface area contributed by atoms with Crippen LogP contribution in [0.2, 0.25) is 0 Å². The molecule has 160 valence electrons. The van der Waals surface area contributed by atoms with Gasteiger partial charge in [0.2, 0.25) is 0 Å². The van der Waals surface area contributed by atoms with Gasteiger partial charge in [-0.05, 0) is 85.9 Å². The van der Waals surface area contributed by atoms with Crippen LogP contribution >= 0.6 is 0 Å². The van der Waals surface area contributed by atoms with Crippen molar-refractivity contribution in [1.82, 2.24) is 0 Å². The van der Waals surface area contributed by atoms with E-state index in [0.717, 1.165) is 13.2 Å². The van der Waals surface area contributed by atoms with Gasteiger partial charge in [-0.25, -0.2) is 0 Å². The molecular formula is C26H44OSm. The van der Waals surface area contributed by atoms with Gasteiger partial charge in [-0.15, -0.1) is 0 Å². The van der Waals surface area contributed by atoms with Gasteiger partial charge >= 0.3 is 0 Å². The second kappa shape index (κ2) is 16.0. The zero-order valence-electron chi connectivity index (χ0n) is 20.6. The van der Waals surface area contributed by atoms with Gasteiger partial charge in [0, 0.05) is 53.6 Å². The van der Waals surface area contributed by atoms with Crippen LogP contribution in [0.5, 0.6) is 0 Å². The van der Waals surface area contributed by atoms with Crippen molar-refractivity contribution in [2.45, 2.75) is 95.9 Å². The van der Waals surface area contributed by atoms with Crippen molar-refractivity contribution in [2.75, 3.05) is 13.2 Å². The third-order valence-electron chi connectivity index (χ3n) is 6.30. The summed E-state index contributed by atoms with van der Waals surface area (Å²) in [5, 5.41) is 0. The van der Waals surface area contributed by atoms with Crippen molar-refractivity contribution >= 4 is 0 Å². The number of ether oxygens (including phenoxy) is 1. The van der Waals surface area contributed by atoms with E-state index in [2.05, 4.69) is 69.2 Å². The molecule has 0 aromatic rings. The van der Waals surface area contributed by atoms with Crippen LogP contribution in [0.15, 0.2) is 0 Å². The maximum absolute atomic E-state index is 4.83. The van der Waals surface area contributed by atoms with Crippen LogP contribution < -0.4 is 0 Å². The maximum Gasteiger partial charge on any atom is 0.0437 e. The molecule has 2 fully saturated rings. The smallest absolute Gasteiger partial charge is 0.0437 e. The molecule has 10 radical (unpaired) electrons. The standard InChI is InChI=1S/2C11H17.C4H10O.Sm/c2*1-6-11-9(4)7(2)8(3)10(11)5;1-3-5-4-2;/h2*6H2,1-5H3;3-4H2,1-2H3;. The van der Waals surface area contributed by atoms with E-state index >= 15 is 0 Å². The Labute approximate surface area is 212 Å². The predicted octanol–water partition coefficient (Wildman–Crippen LogP) is 7.77. The molecular weight excluding hydrogens is 479 g/mol. The molecule has 0 unspecified atom stereocenters. The Morgan fingerprint density at radius 1 is 0.429 bits per heavy atom. The molecule has 2 aliphatic rings. The monoisotopic (exact) mass is 524 g/mol. The zero-order chi connectivity index (χ0) is 21.3. The SMILES string of the molecule is CCOCC.CC[C]1[C](C)[C](C)[C](C)[C]1C.CC[C]1[C](C)[C](C)[C](C)[C]1C.[Sm]. The van der Waals surface area contributed by atoms with Crippen molar-refractivity contribution in [3.8, 4) is 0 Å². The van der Waals surface area contributed by atoms with E-state index in [-0.39, 0.29) is 40.4 Å². The van der Waals surface area contributed by atoms with Crippen LogP contribution in [0.25, 0.3) is 0 Å². The second-order valence-corrected chi connectivity index (χ2v) is 7.45. The Balaban J connectivity index is 0. The Morgan fingerprint density at radius 2 is 0.643 bits per heavy atom. The van der Waals surface area contributed by atoms with E-state index in [0.29, 0.717) is 0 Å². The Morgan fingerprint density at radius 3 is 0.714 bits per heavy atom. The first-order valence-corrected chi connectivity index (χ1v) is 10.6. The minimum atomic E-state index is 0. The van der Waals surface area contributed by atoms with Crippen molar-refractivity contribution < 1.29 is 45.1 Å². The normalized spacial score (nSPS) is 22.7. The quantitative estimate of drug-likeness (QED) is 0.366. The van der Waals surface area contributed by atoms with Gasteiger partial charge < -0.3 is 4.74 Å². The summed E-state index contributed by atoms with van der Waals surface area (Å²) in [5.74, 6) is 15.1. The summed E-state index contributed by atoms with van der Waals surface area (Å²) >= 11 is 0. The summed E-state index contributed by atoms with van der Waals surface area (Å²) in [6.07, 6.45) is 2.35. The first-order chi connectivity index (χ1) is 12.6. The molecule has 0 atom stereocenters. The van der Waals surface area contributed by atoms with Crippen LogP contribution in [0.1, 0.15) is 95.9 Å². The number of hydrogen-bond donors (Lipinski definition) is 0. The fraction of sp³-hybridized carbons (Fsp3) is 0.615. The largest absolute Gasteiger partial charge is 0.382 e. The second-order valence-electron chi connectivity index (χ2n) is 7.45. The summed E-state index contributed by atoms with van der Waals surface area (Å²) in [6.45, 7) is 27.9. The van der Waals surface area contributed by atoms with Crippen LogP contribution in [-0.4, -0.2) is 13.2 Å². The molecule has 0 heterocycles. The molecule has 2 aliphatic carbocycles. The van der Waals surface area contributed by atoms with Gasteiger partial charge in [0.25, 0.3) is 0 Å². The van der Waals surface area contributed by atoms with E-state index in [1.807, 2.05) is 13.8 Å². The van der Waals surface area contributed by atoms with Crippen LogP contribution in [0.4, 0.5) is 0 Å². The van der Waals surface area contributed by atoms with E-state index in [9.17, 15) is 0 Å².